The monoisotopic (exact) mass is 655 g/mol. The molecule has 240 valence electrons. The first-order valence-corrected chi connectivity index (χ1v) is 17.2. The number of fused-ring (bicyclic) bond motifs is 10. The fourth-order valence-corrected chi connectivity index (χ4v) is 7.95. The molecule has 6 nitrogen and oxygen atoms in total. The second kappa shape index (κ2) is 10.8. The molecule has 0 aliphatic carbocycles. The molecule has 0 amide bonds. The highest BCUT2D eigenvalue weighted by atomic mass is 16.3. The molecule has 3 aromatic heterocycles. The van der Waals surface area contributed by atoms with Gasteiger partial charge in [0, 0.05) is 38.0 Å². The maximum absolute atomic E-state index is 7.05. The summed E-state index contributed by atoms with van der Waals surface area (Å²) in [6.45, 7) is 0. The molecule has 11 rings (SSSR count). The molecule has 0 fully saturated rings. The highest BCUT2D eigenvalue weighted by Crippen LogP contribution is 2.41. The maximum atomic E-state index is 7.05. The first-order chi connectivity index (χ1) is 25.3. The predicted molar refractivity (Wildman–Crippen MR) is 209 cm³/mol. The van der Waals surface area contributed by atoms with Crippen LogP contribution in [0.25, 0.3) is 71.2 Å². The Hall–Kier alpha value is -6.92. The molecule has 10 aromatic rings. The van der Waals surface area contributed by atoms with E-state index in [2.05, 4.69) is 172 Å². The molecule has 7 aromatic carbocycles. The predicted octanol–water partition coefficient (Wildman–Crippen LogP) is 10.7. The lowest BCUT2D eigenvalue weighted by Crippen LogP contribution is -2.37. The average molecular weight is 656 g/mol. The van der Waals surface area contributed by atoms with Crippen LogP contribution in [0, 0.1) is 0 Å². The lowest BCUT2D eigenvalue weighted by atomic mass is 10.1. The highest BCUT2D eigenvalue weighted by molar-refractivity contribution is 6.24. The van der Waals surface area contributed by atoms with Gasteiger partial charge in [-0.25, -0.2) is 4.99 Å². The van der Waals surface area contributed by atoms with Crippen molar-refractivity contribution in [2.75, 3.05) is 0 Å². The summed E-state index contributed by atoms with van der Waals surface area (Å²) in [6.07, 6.45) is -0.361. The Bertz CT molecular complexity index is 3000. The van der Waals surface area contributed by atoms with Crippen LogP contribution in [-0.4, -0.2) is 20.9 Å². The van der Waals surface area contributed by atoms with Gasteiger partial charge in [-0.2, -0.15) is 4.99 Å². The number of benzene rings is 7. The Kier molecular flexibility index (Phi) is 5.92. The van der Waals surface area contributed by atoms with Crippen LogP contribution in [0.3, 0.4) is 0 Å². The van der Waals surface area contributed by atoms with Crippen molar-refractivity contribution >= 4 is 77.3 Å². The molecule has 4 heterocycles. The van der Waals surface area contributed by atoms with E-state index < -0.39 is 0 Å². The SMILES string of the molecule is c1ccc(C2N=C(c3cccc4c3oc3c4ccc4c5ccccc5n(-c5ccccc5)c43)N=C(n3c4ccccc4c4ccccc43)N2)cc1. The van der Waals surface area contributed by atoms with Crippen LogP contribution in [-0.2, 0) is 0 Å². The van der Waals surface area contributed by atoms with Crippen LogP contribution in [0.1, 0.15) is 17.3 Å². The molecular formula is C45H29N5O. The lowest BCUT2D eigenvalue weighted by Gasteiger charge is -2.24. The molecule has 51 heavy (non-hydrogen) atoms. The maximum Gasteiger partial charge on any atom is 0.211 e. The van der Waals surface area contributed by atoms with Gasteiger partial charge < -0.3 is 14.3 Å². The molecule has 6 heteroatoms. The van der Waals surface area contributed by atoms with Crippen LogP contribution in [0.2, 0.25) is 0 Å². The number of aliphatic imine (C=N–C) groups is 2. The van der Waals surface area contributed by atoms with Crippen molar-refractivity contribution in [3.63, 3.8) is 0 Å². The smallest absolute Gasteiger partial charge is 0.211 e. The summed E-state index contributed by atoms with van der Waals surface area (Å²) < 4.78 is 11.6. The van der Waals surface area contributed by atoms with E-state index in [9.17, 15) is 0 Å². The van der Waals surface area contributed by atoms with Gasteiger partial charge in [-0.1, -0.05) is 121 Å². The third kappa shape index (κ3) is 4.10. The minimum Gasteiger partial charge on any atom is -0.453 e. The first-order valence-electron chi connectivity index (χ1n) is 17.2. The standard InChI is InChI=1S/C45H29N5O/c1-3-14-28(15-4-1)43-46-44(48-45(47-43)50-38-24-11-7-18-30(38)31-19-8-12-25-39(31)50)36-22-13-21-34-35-27-26-33-32-20-9-10-23-37(32)49(29-16-5-2-6-17-29)40(33)42(35)51-41(34)36/h1-27,43H,(H,46,47,48). The van der Waals surface area contributed by atoms with Crippen LogP contribution >= 0.6 is 0 Å². The zero-order chi connectivity index (χ0) is 33.5. The van der Waals surface area contributed by atoms with E-state index >= 15 is 0 Å². The van der Waals surface area contributed by atoms with Gasteiger partial charge in [0.05, 0.1) is 27.6 Å². The van der Waals surface area contributed by atoms with Crippen molar-refractivity contribution in [3.8, 4) is 5.69 Å². The quantitative estimate of drug-likeness (QED) is 0.206. The molecule has 0 saturated heterocycles. The number of furan rings is 1. The van der Waals surface area contributed by atoms with Gasteiger partial charge >= 0.3 is 0 Å². The summed E-state index contributed by atoms with van der Waals surface area (Å²) in [5.41, 5.74) is 8.94. The Labute approximate surface area is 292 Å². The summed E-state index contributed by atoms with van der Waals surface area (Å²) in [5.74, 6) is 1.33. The summed E-state index contributed by atoms with van der Waals surface area (Å²) in [5, 5.41) is 10.5. The largest absolute Gasteiger partial charge is 0.453 e. The summed E-state index contributed by atoms with van der Waals surface area (Å²) in [4.78, 5) is 10.6. The van der Waals surface area contributed by atoms with E-state index in [0.29, 0.717) is 11.8 Å². The van der Waals surface area contributed by atoms with Crippen molar-refractivity contribution in [1.82, 2.24) is 14.5 Å². The minimum atomic E-state index is -0.361. The summed E-state index contributed by atoms with van der Waals surface area (Å²) in [7, 11) is 0. The van der Waals surface area contributed by atoms with E-state index in [1.165, 1.54) is 16.2 Å². The Morgan fingerprint density at radius 2 is 1.02 bits per heavy atom. The summed E-state index contributed by atoms with van der Waals surface area (Å²) >= 11 is 0. The van der Waals surface area contributed by atoms with E-state index in [1.54, 1.807) is 0 Å². The second-order valence-corrected chi connectivity index (χ2v) is 13.0. The summed E-state index contributed by atoms with van der Waals surface area (Å²) in [6, 6.07) is 57.1. The second-order valence-electron chi connectivity index (χ2n) is 13.0. The number of para-hydroxylation sites is 5. The zero-order valence-electron chi connectivity index (χ0n) is 27.4. The first kappa shape index (κ1) is 28.0. The van der Waals surface area contributed by atoms with Gasteiger partial charge in [0.2, 0.25) is 5.96 Å². The minimum absolute atomic E-state index is 0.361. The van der Waals surface area contributed by atoms with E-state index in [1.807, 2.05) is 6.07 Å². The topological polar surface area (TPSA) is 59.8 Å². The van der Waals surface area contributed by atoms with Crippen LogP contribution in [0.4, 0.5) is 0 Å². The molecule has 0 bridgehead atoms. The van der Waals surface area contributed by atoms with Crippen molar-refractivity contribution < 1.29 is 4.42 Å². The zero-order valence-corrected chi connectivity index (χ0v) is 27.4. The van der Waals surface area contributed by atoms with Crippen molar-refractivity contribution in [3.05, 3.63) is 175 Å². The van der Waals surface area contributed by atoms with Crippen LogP contribution in [0.5, 0.6) is 0 Å². The number of hydrogen-bond donors (Lipinski definition) is 1. The molecule has 1 aliphatic rings. The Morgan fingerprint density at radius 3 is 1.73 bits per heavy atom. The number of nitrogens with one attached hydrogen (secondary N) is 1. The molecule has 0 spiro atoms. The fourth-order valence-electron chi connectivity index (χ4n) is 7.95. The van der Waals surface area contributed by atoms with Crippen molar-refractivity contribution in [1.29, 1.82) is 0 Å². The lowest BCUT2D eigenvalue weighted by molar-refractivity contribution is 0.657. The van der Waals surface area contributed by atoms with E-state index in [-0.39, 0.29) is 6.17 Å². The number of rotatable bonds is 3. The molecule has 0 saturated carbocycles. The van der Waals surface area contributed by atoms with Crippen LogP contribution in [0.15, 0.2) is 178 Å². The number of hydrogen-bond acceptors (Lipinski definition) is 4. The van der Waals surface area contributed by atoms with E-state index in [0.717, 1.165) is 66.2 Å². The van der Waals surface area contributed by atoms with Gasteiger partial charge in [-0.3, -0.25) is 4.57 Å². The molecule has 1 atom stereocenters. The van der Waals surface area contributed by atoms with Crippen LogP contribution < -0.4 is 5.32 Å². The molecule has 1 aliphatic heterocycles. The number of nitrogens with zero attached hydrogens (tertiary/aromatic N) is 4. The third-order valence-corrected chi connectivity index (χ3v) is 10.2. The van der Waals surface area contributed by atoms with Gasteiger partial charge in [0.25, 0.3) is 0 Å². The van der Waals surface area contributed by atoms with Gasteiger partial charge in [0.15, 0.2) is 11.4 Å². The Balaban J connectivity index is 1.19. The molecular weight excluding hydrogens is 627 g/mol. The third-order valence-electron chi connectivity index (χ3n) is 10.2. The normalized spacial score (nSPS) is 14.9. The van der Waals surface area contributed by atoms with Crippen molar-refractivity contribution in [2.45, 2.75) is 6.17 Å². The molecule has 1 unspecified atom stereocenters. The highest BCUT2D eigenvalue weighted by Gasteiger charge is 2.26. The van der Waals surface area contributed by atoms with Gasteiger partial charge in [-0.05, 0) is 48.0 Å². The Morgan fingerprint density at radius 1 is 0.471 bits per heavy atom. The molecule has 0 radical (unpaired) electrons. The van der Waals surface area contributed by atoms with Crippen molar-refractivity contribution in [2.24, 2.45) is 9.98 Å². The number of aromatic nitrogens is 2. The van der Waals surface area contributed by atoms with Gasteiger partial charge in [-0.15, -0.1) is 0 Å². The van der Waals surface area contributed by atoms with E-state index in [4.69, 9.17) is 14.4 Å². The average Bonchev–Trinajstić information content (AvgIpc) is 3.86. The molecule has 1 N–H and O–H groups in total. The van der Waals surface area contributed by atoms with Gasteiger partial charge in [0.1, 0.15) is 11.7 Å². The number of amidine groups is 1. The fraction of sp³-hybridized carbons (Fsp3) is 0.0222.